The highest BCUT2D eigenvalue weighted by molar-refractivity contribution is 5.91. The van der Waals surface area contributed by atoms with Crippen LogP contribution in [0.4, 0.5) is 10.5 Å². The van der Waals surface area contributed by atoms with Gasteiger partial charge in [-0.1, -0.05) is 13.8 Å². The second kappa shape index (κ2) is 8.78. The van der Waals surface area contributed by atoms with Gasteiger partial charge in [0.15, 0.2) is 0 Å². The summed E-state index contributed by atoms with van der Waals surface area (Å²) in [6, 6.07) is 5.29. The molecule has 6 heteroatoms. The van der Waals surface area contributed by atoms with Crippen molar-refractivity contribution in [2.45, 2.75) is 20.3 Å². The summed E-state index contributed by atoms with van der Waals surface area (Å²) in [6.07, 6.45) is 1.20. The topological polar surface area (TPSA) is 54.0 Å². The van der Waals surface area contributed by atoms with Crippen molar-refractivity contribution >= 4 is 11.7 Å². The van der Waals surface area contributed by atoms with Gasteiger partial charge in [-0.3, -0.25) is 4.90 Å². The molecule has 0 saturated carbocycles. The molecule has 0 atom stereocenters. The van der Waals surface area contributed by atoms with Gasteiger partial charge in [0, 0.05) is 32.2 Å². The molecule has 0 bridgehead atoms. The molecule has 0 unspecified atom stereocenters. The Balaban J connectivity index is 1.87. The maximum Gasteiger partial charge on any atom is 0.322 e. The predicted molar refractivity (Wildman–Crippen MR) is 96.0 cm³/mol. The van der Waals surface area contributed by atoms with E-state index in [0.717, 1.165) is 32.7 Å². The van der Waals surface area contributed by atoms with Crippen LogP contribution in [0.1, 0.15) is 20.3 Å². The molecule has 1 N–H and O–H groups in total. The molecule has 1 saturated heterocycles. The van der Waals surface area contributed by atoms with Crippen LogP contribution in [0.25, 0.3) is 0 Å². The summed E-state index contributed by atoms with van der Waals surface area (Å²) in [5.74, 6) is 2.01. The Kier molecular flexibility index (Phi) is 6.73. The number of ether oxygens (including phenoxy) is 2. The fourth-order valence-corrected chi connectivity index (χ4v) is 2.71. The van der Waals surface area contributed by atoms with Crippen LogP contribution in [-0.2, 0) is 0 Å². The van der Waals surface area contributed by atoms with Gasteiger partial charge in [-0.05, 0) is 31.0 Å². The molecule has 0 spiro atoms. The minimum Gasteiger partial charge on any atom is -0.497 e. The number of anilines is 1. The summed E-state index contributed by atoms with van der Waals surface area (Å²) in [5.41, 5.74) is 0.658. The van der Waals surface area contributed by atoms with Crippen LogP contribution in [0.2, 0.25) is 0 Å². The molecule has 1 aliphatic heterocycles. The minimum atomic E-state index is -0.0815. The van der Waals surface area contributed by atoms with Crippen molar-refractivity contribution in [3.8, 4) is 11.5 Å². The lowest BCUT2D eigenvalue weighted by atomic mass is 10.1. The van der Waals surface area contributed by atoms with Crippen molar-refractivity contribution in [1.82, 2.24) is 9.80 Å². The molecule has 0 aromatic heterocycles. The standard InChI is InChI=1S/C18H29N3O3/c1-14(2)7-8-20-9-11-21(12-10-20)18(22)19-16-6-5-15(23-3)13-17(16)24-4/h5-6,13-14H,7-12H2,1-4H3,(H,19,22). The molecule has 1 aromatic rings. The average molecular weight is 335 g/mol. The molecule has 0 radical (unpaired) electrons. The first kappa shape index (κ1) is 18.4. The third kappa shape index (κ3) is 5.03. The van der Waals surface area contributed by atoms with Gasteiger partial charge in [-0.2, -0.15) is 0 Å². The summed E-state index contributed by atoms with van der Waals surface area (Å²) < 4.78 is 10.5. The van der Waals surface area contributed by atoms with Gasteiger partial charge < -0.3 is 19.7 Å². The number of benzene rings is 1. The number of carbonyl (C=O) groups excluding carboxylic acids is 1. The molecule has 134 valence electrons. The number of rotatable bonds is 6. The largest absolute Gasteiger partial charge is 0.497 e. The zero-order valence-electron chi connectivity index (χ0n) is 15.2. The molecule has 2 rings (SSSR count). The van der Waals surface area contributed by atoms with E-state index < -0.39 is 0 Å². The van der Waals surface area contributed by atoms with Crippen LogP contribution < -0.4 is 14.8 Å². The molecule has 1 fully saturated rings. The van der Waals surface area contributed by atoms with Gasteiger partial charge in [-0.15, -0.1) is 0 Å². The summed E-state index contributed by atoms with van der Waals surface area (Å²) in [6.45, 7) is 8.96. The fraction of sp³-hybridized carbons (Fsp3) is 0.611. The van der Waals surface area contributed by atoms with E-state index in [9.17, 15) is 4.79 Å². The van der Waals surface area contributed by atoms with Crippen LogP contribution in [0.15, 0.2) is 18.2 Å². The predicted octanol–water partition coefficient (Wildman–Crippen LogP) is 2.90. The van der Waals surface area contributed by atoms with Crippen molar-refractivity contribution in [1.29, 1.82) is 0 Å². The SMILES string of the molecule is COc1ccc(NC(=O)N2CCN(CCC(C)C)CC2)c(OC)c1. The highest BCUT2D eigenvalue weighted by Gasteiger charge is 2.21. The number of piperazine rings is 1. The van der Waals surface area contributed by atoms with Gasteiger partial charge in [0.25, 0.3) is 0 Å². The Labute approximate surface area is 144 Å². The Hall–Kier alpha value is -1.95. The van der Waals surface area contributed by atoms with Gasteiger partial charge in [-0.25, -0.2) is 4.79 Å². The number of amides is 2. The van der Waals surface area contributed by atoms with Gasteiger partial charge in [0.05, 0.1) is 19.9 Å². The molecular formula is C18H29N3O3. The number of carbonyl (C=O) groups is 1. The van der Waals surface area contributed by atoms with Gasteiger partial charge in [0.2, 0.25) is 0 Å². The zero-order chi connectivity index (χ0) is 17.5. The minimum absolute atomic E-state index is 0.0815. The second-order valence-electron chi connectivity index (χ2n) is 6.51. The molecule has 1 heterocycles. The first-order chi connectivity index (χ1) is 11.5. The number of methoxy groups -OCH3 is 2. The monoisotopic (exact) mass is 335 g/mol. The Morgan fingerprint density at radius 3 is 2.46 bits per heavy atom. The van der Waals surface area contributed by atoms with E-state index in [4.69, 9.17) is 9.47 Å². The van der Waals surface area contributed by atoms with E-state index in [1.54, 1.807) is 26.4 Å². The van der Waals surface area contributed by atoms with Crippen LogP contribution in [0.3, 0.4) is 0 Å². The second-order valence-corrected chi connectivity index (χ2v) is 6.51. The van der Waals surface area contributed by atoms with Crippen molar-refractivity contribution in [2.75, 3.05) is 52.3 Å². The number of urea groups is 1. The first-order valence-corrected chi connectivity index (χ1v) is 8.53. The average Bonchev–Trinajstić information content (AvgIpc) is 2.60. The lowest BCUT2D eigenvalue weighted by molar-refractivity contribution is 0.143. The number of hydrogen-bond donors (Lipinski definition) is 1. The van der Waals surface area contributed by atoms with E-state index in [1.807, 2.05) is 11.0 Å². The van der Waals surface area contributed by atoms with E-state index in [0.29, 0.717) is 23.1 Å². The Morgan fingerprint density at radius 1 is 1.17 bits per heavy atom. The third-order valence-corrected chi connectivity index (χ3v) is 4.33. The summed E-state index contributed by atoms with van der Waals surface area (Å²) in [5, 5.41) is 2.94. The summed E-state index contributed by atoms with van der Waals surface area (Å²) in [4.78, 5) is 16.8. The zero-order valence-corrected chi connectivity index (χ0v) is 15.2. The normalized spacial score (nSPS) is 15.5. The maximum atomic E-state index is 12.5. The number of nitrogens with one attached hydrogen (secondary N) is 1. The smallest absolute Gasteiger partial charge is 0.322 e. The molecule has 2 amide bonds. The van der Waals surface area contributed by atoms with E-state index in [2.05, 4.69) is 24.1 Å². The number of hydrogen-bond acceptors (Lipinski definition) is 4. The highest BCUT2D eigenvalue weighted by Crippen LogP contribution is 2.29. The van der Waals surface area contributed by atoms with E-state index in [1.165, 1.54) is 6.42 Å². The Morgan fingerprint density at radius 2 is 1.88 bits per heavy atom. The van der Waals surface area contributed by atoms with Crippen molar-refractivity contribution in [3.63, 3.8) is 0 Å². The van der Waals surface area contributed by atoms with Crippen LogP contribution >= 0.6 is 0 Å². The Bertz CT molecular complexity index is 540. The van der Waals surface area contributed by atoms with Crippen molar-refractivity contribution < 1.29 is 14.3 Å². The highest BCUT2D eigenvalue weighted by atomic mass is 16.5. The summed E-state index contributed by atoms with van der Waals surface area (Å²) in [7, 11) is 3.18. The van der Waals surface area contributed by atoms with Crippen LogP contribution in [0.5, 0.6) is 11.5 Å². The van der Waals surface area contributed by atoms with Crippen molar-refractivity contribution in [2.24, 2.45) is 5.92 Å². The van der Waals surface area contributed by atoms with Crippen molar-refractivity contribution in [3.05, 3.63) is 18.2 Å². The first-order valence-electron chi connectivity index (χ1n) is 8.53. The van der Waals surface area contributed by atoms with Gasteiger partial charge >= 0.3 is 6.03 Å². The molecule has 1 aliphatic rings. The van der Waals surface area contributed by atoms with E-state index in [-0.39, 0.29) is 6.03 Å². The van der Waals surface area contributed by atoms with Crippen LogP contribution in [0, 0.1) is 5.92 Å². The quantitative estimate of drug-likeness (QED) is 0.868. The molecule has 24 heavy (non-hydrogen) atoms. The maximum absolute atomic E-state index is 12.5. The molecule has 1 aromatic carbocycles. The van der Waals surface area contributed by atoms with Gasteiger partial charge in [0.1, 0.15) is 11.5 Å². The summed E-state index contributed by atoms with van der Waals surface area (Å²) >= 11 is 0. The lowest BCUT2D eigenvalue weighted by Gasteiger charge is -2.35. The third-order valence-electron chi connectivity index (χ3n) is 4.33. The van der Waals surface area contributed by atoms with E-state index >= 15 is 0 Å². The van der Waals surface area contributed by atoms with Crippen LogP contribution in [-0.4, -0.2) is 62.8 Å². The fourth-order valence-electron chi connectivity index (χ4n) is 2.71. The number of nitrogens with zero attached hydrogens (tertiary/aromatic N) is 2. The molecular weight excluding hydrogens is 306 g/mol. The molecule has 0 aliphatic carbocycles. The molecule has 6 nitrogen and oxygen atoms in total. The lowest BCUT2D eigenvalue weighted by Crippen LogP contribution is -2.50.